The molecule has 2 rings (SSSR count). The maximum Gasteiger partial charge on any atom is 0.381 e. The lowest BCUT2D eigenvalue weighted by Crippen LogP contribution is -2.07. The summed E-state index contributed by atoms with van der Waals surface area (Å²) >= 11 is 0. The molecule has 1 heterocycles. The third-order valence-corrected chi connectivity index (χ3v) is 2.67. The number of hydrogen-bond acceptors (Lipinski definition) is 5. The standard InChI is InChI=1S/C12H13N3O4/c1-19-10-4-2-3-9(5-10)11(16)6-14-7-12(13-8-14)15(17)18/h2-5,7-8,11,16H,6H2,1H3. The Kier molecular flexibility index (Phi) is 3.76. The van der Waals surface area contributed by atoms with Gasteiger partial charge in [0.05, 0.1) is 19.8 Å². The number of aliphatic hydroxyl groups excluding tert-OH is 1. The van der Waals surface area contributed by atoms with Gasteiger partial charge in [-0.1, -0.05) is 12.1 Å². The molecule has 0 aliphatic carbocycles. The largest absolute Gasteiger partial charge is 0.497 e. The van der Waals surface area contributed by atoms with Gasteiger partial charge in [0.25, 0.3) is 0 Å². The lowest BCUT2D eigenvalue weighted by atomic mass is 10.1. The molecular weight excluding hydrogens is 250 g/mol. The van der Waals surface area contributed by atoms with E-state index in [1.807, 2.05) is 0 Å². The number of hydrogen-bond donors (Lipinski definition) is 1. The highest BCUT2D eigenvalue weighted by molar-refractivity contribution is 5.29. The molecule has 0 radical (unpaired) electrons. The molecule has 1 atom stereocenters. The second-order valence-electron chi connectivity index (χ2n) is 3.98. The van der Waals surface area contributed by atoms with Crippen molar-refractivity contribution in [2.45, 2.75) is 12.6 Å². The van der Waals surface area contributed by atoms with Crippen LogP contribution in [0.3, 0.4) is 0 Å². The second-order valence-corrected chi connectivity index (χ2v) is 3.98. The highest BCUT2D eigenvalue weighted by Gasteiger charge is 2.14. The van der Waals surface area contributed by atoms with Gasteiger partial charge in [-0.2, -0.15) is 0 Å². The summed E-state index contributed by atoms with van der Waals surface area (Å²) in [7, 11) is 1.55. The molecular formula is C12H13N3O4. The van der Waals surface area contributed by atoms with Crippen molar-refractivity contribution in [3.05, 3.63) is 52.5 Å². The number of imidazole rings is 1. The third kappa shape index (κ3) is 3.08. The van der Waals surface area contributed by atoms with Crippen LogP contribution in [0.2, 0.25) is 0 Å². The third-order valence-electron chi connectivity index (χ3n) is 2.67. The summed E-state index contributed by atoms with van der Waals surface area (Å²) < 4.78 is 6.55. The summed E-state index contributed by atoms with van der Waals surface area (Å²) in [5, 5.41) is 20.6. The van der Waals surface area contributed by atoms with Crippen molar-refractivity contribution in [2.75, 3.05) is 7.11 Å². The van der Waals surface area contributed by atoms with Crippen molar-refractivity contribution in [1.82, 2.24) is 9.55 Å². The lowest BCUT2D eigenvalue weighted by molar-refractivity contribution is -0.389. The van der Waals surface area contributed by atoms with Crippen LogP contribution in [0.5, 0.6) is 5.75 Å². The van der Waals surface area contributed by atoms with E-state index in [4.69, 9.17) is 4.74 Å². The highest BCUT2D eigenvalue weighted by atomic mass is 16.6. The number of methoxy groups -OCH3 is 1. The summed E-state index contributed by atoms with van der Waals surface area (Å²) in [6, 6.07) is 7.03. The Morgan fingerprint density at radius 3 is 3.00 bits per heavy atom. The monoisotopic (exact) mass is 263 g/mol. The summed E-state index contributed by atoms with van der Waals surface area (Å²) in [6.45, 7) is 0.188. The number of benzene rings is 1. The molecule has 0 aliphatic heterocycles. The number of aromatic nitrogens is 2. The van der Waals surface area contributed by atoms with Crippen molar-refractivity contribution >= 4 is 5.82 Å². The first-order chi connectivity index (χ1) is 9.10. The second kappa shape index (κ2) is 5.49. The van der Waals surface area contributed by atoms with Crippen LogP contribution < -0.4 is 4.74 Å². The molecule has 0 amide bonds. The van der Waals surface area contributed by atoms with Crippen LogP contribution in [-0.4, -0.2) is 26.7 Å². The van der Waals surface area contributed by atoms with E-state index < -0.39 is 11.0 Å². The molecule has 1 N–H and O–H groups in total. The number of nitro groups is 1. The molecule has 0 saturated heterocycles. The zero-order chi connectivity index (χ0) is 13.8. The summed E-state index contributed by atoms with van der Waals surface area (Å²) in [4.78, 5) is 13.6. The molecule has 1 aromatic carbocycles. The molecule has 19 heavy (non-hydrogen) atoms. The average molecular weight is 263 g/mol. The summed E-state index contributed by atoms with van der Waals surface area (Å²) in [5.41, 5.74) is 0.677. The van der Waals surface area contributed by atoms with Gasteiger partial charge < -0.3 is 24.5 Å². The van der Waals surface area contributed by atoms with E-state index in [9.17, 15) is 15.2 Å². The SMILES string of the molecule is COc1cccc(C(O)Cn2cnc([N+](=O)[O-])c2)c1. The van der Waals surface area contributed by atoms with Gasteiger partial charge in [-0.3, -0.25) is 0 Å². The summed E-state index contributed by atoms with van der Waals surface area (Å²) in [6.07, 6.45) is 1.81. The number of nitrogens with zero attached hydrogens (tertiary/aromatic N) is 3. The Morgan fingerprint density at radius 2 is 2.37 bits per heavy atom. The zero-order valence-corrected chi connectivity index (χ0v) is 10.3. The van der Waals surface area contributed by atoms with Crippen LogP contribution in [0.4, 0.5) is 5.82 Å². The van der Waals surface area contributed by atoms with E-state index in [1.165, 1.54) is 17.1 Å². The Balaban J connectivity index is 2.10. The first-order valence-electron chi connectivity index (χ1n) is 5.58. The van der Waals surface area contributed by atoms with Crippen LogP contribution in [0.1, 0.15) is 11.7 Å². The maximum absolute atomic E-state index is 10.5. The van der Waals surface area contributed by atoms with Gasteiger partial charge in [0.1, 0.15) is 11.9 Å². The maximum atomic E-state index is 10.5. The Morgan fingerprint density at radius 1 is 1.58 bits per heavy atom. The Bertz CT molecular complexity index is 582. The molecule has 7 nitrogen and oxygen atoms in total. The van der Waals surface area contributed by atoms with Crippen molar-refractivity contribution in [2.24, 2.45) is 0 Å². The Labute approximate surface area is 109 Å². The van der Waals surface area contributed by atoms with Gasteiger partial charge in [-0.25, -0.2) is 0 Å². The van der Waals surface area contributed by atoms with Crippen LogP contribution in [0, 0.1) is 10.1 Å². The molecule has 0 spiro atoms. The van der Waals surface area contributed by atoms with E-state index >= 15 is 0 Å². The Hall–Kier alpha value is -2.41. The molecule has 0 bridgehead atoms. The smallest absolute Gasteiger partial charge is 0.381 e. The number of ether oxygens (including phenoxy) is 1. The average Bonchev–Trinajstić information content (AvgIpc) is 2.87. The topological polar surface area (TPSA) is 90.4 Å². The quantitative estimate of drug-likeness (QED) is 0.652. The zero-order valence-electron chi connectivity index (χ0n) is 10.3. The van der Waals surface area contributed by atoms with E-state index in [2.05, 4.69) is 4.98 Å². The van der Waals surface area contributed by atoms with Crippen molar-refractivity contribution in [1.29, 1.82) is 0 Å². The minimum absolute atomic E-state index is 0.188. The van der Waals surface area contributed by atoms with Crippen LogP contribution >= 0.6 is 0 Å². The van der Waals surface area contributed by atoms with Gasteiger partial charge >= 0.3 is 5.82 Å². The number of aliphatic hydroxyl groups is 1. The number of rotatable bonds is 5. The van der Waals surface area contributed by atoms with Crippen LogP contribution in [-0.2, 0) is 6.54 Å². The molecule has 1 unspecified atom stereocenters. The predicted molar refractivity (Wildman–Crippen MR) is 66.8 cm³/mol. The molecule has 100 valence electrons. The fraction of sp³-hybridized carbons (Fsp3) is 0.250. The van der Waals surface area contributed by atoms with Crippen molar-refractivity contribution in [3.63, 3.8) is 0 Å². The van der Waals surface area contributed by atoms with Gasteiger partial charge in [-0.15, -0.1) is 0 Å². The van der Waals surface area contributed by atoms with E-state index in [-0.39, 0.29) is 12.4 Å². The first kappa shape index (κ1) is 13.0. The molecule has 0 saturated carbocycles. The molecule has 2 aromatic rings. The normalized spacial score (nSPS) is 12.1. The molecule has 1 aromatic heterocycles. The minimum Gasteiger partial charge on any atom is -0.497 e. The molecule has 0 fully saturated rings. The van der Waals surface area contributed by atoms with Crippen molar-refractivity contribution < 1.29 is 14.8 Å². The predicted octanol–water partition coefficient (Wildman–Crippen LogP) is 1.53. The van der Waals surface area contributed by atoms with E-state index in [1.54, 1.807) is 31.4 Å². The fourth-order valence-corrected chi connectivity index (χ4v) is 1.70. The van der Waals surface area contributed by atoms with Gasteiger partial charge in [-0.05, 0) is 27.6 Å². The summed E-state index contributed by atoms with van der Waals surface area (Å²) in [5.74, 6) is 0.408. The fourth-order valence-electron chi connectivity index (χ4n) is 1.70. The van der Waals surface area contributed by atoms with E-state index in [0.29, 0.717) is 11.3 Å². The van der Waals surface area contributed by atoms with Crippen LogP contribution in [0.15, 0.2) is 36.8 Å². The van der Waals surface area contributed by atoms with Gasteiger partial charge in [0.15, 0.2) is 0 Å². The first-order valence-corrected chi connectivity index (χ1v) is 5.58. The van der Waals surface area contributed by atoms with Crippen LogP contribution in [0.25, 0.3) is 0 Å². The van der Waals surface area contributed by atoms with Gasteiger partial charge in [0, 0.05) is 0 Å². The van der Waals surface area contributed by atoms with E-state index in [0.717, 1.165) is 0 Å². The molecule has 0 aliphatic rings. The van der Waals surface area contributed by atoms with Gasteiger partial charge in [0.2, 0.25) is 6.33 Å². The van der Waals surface area contributed by atoms with Crippen molar-refractivity contribution in [3.8, 4) is 5.75 Å². The lowest BCUT2D eigenvalue weighted by Gasteiger charge is -2.11. The minimum atomic E-state index is -0.788. The highest BCUT2D eigenvalue weighted by Crippen LogP contribution is 2.20. The molecule has 7 heteroatoms.